The highest BCUT2D eigenvalue weighted by atomic mass is 35.5. The quantitative estimate of drug-likeness (QED) is 0.760. The summed E-state index contributed by atoms with van der Waals surface area (Å²) in [6.07, 6.45) is 5.51. The molecule has 1 aliphatic carbocycles. The number of rotatable bonds is 9. The summed E-state index contributed by atoms with van der Waals surface area (Å²) in [6.45, 7) is 6.11. The molecular weight excluding hydrogens is 284 g/mol. The van der Waals surface area contributed by atoms with Crippen LogP contribution in [0.15, 0.2) is 12.3 Å². The Labute approximate surface area is 133 Å². The lowest BCUT2D eigenvalue weighted by atomic mass is 10.2. The zero-order chi connectivity index (χ0) is 15.2. The van der Waals surface area contributed by atoms with Gasteiger partial charge in [-0.1, -0.05) is 11.6 Å². The van der Waals surface area contributed by atoms with Crippen molar-refractivity contribution in [1.82, 2.24) is 15.2 Å². The molecule has 0 saturated heterocycles. The van der Waals surface area contributed by atoms with Crippen LogP contribution in [-0.4, -0.2) is 49.7 Å². The molecule has 118 valence electrons. The molecule has 1 N–H and O–H groups in total. The molecular formula is C16H27ClN4. The summed E-state index contributed by atoms with van der Waals surface area (Å²) < 4.78 is 0. The van der Waals surface area contributed by atoms with Crippen LogP contribution in [0, 0.1) is 0 Å². The third kappa shape index (κ3) is 5.46. The predicted octanol–water partition coefficient (Wildman–Crippen LogP) is 2.77. The van der Waals surface area contributed by atoms with Crippen molar-refractivity contribution in [3.63, 3.8) is 0 Å². The fourth-order valence-electron chi connectivity index (χ4n) is 2.33. The Hall–Kier alpha value is -0.840. The van der Waals surface area contributed by atoms with Crippen LogP contribution in [0.25, 0.3) is 0 Å². The smallest absolute Gasteiger partial charge is 0.128 e. The van der Waals surface area contributed by atoms with E-state index in [-0.39, 0.29) is 0 Å². The van der Waals surface area contributed by atoms with Crippen LogP contribution >= 0.6 is 11.6 Å². The second-order valence-electron chi connectivity index (χ2n) is 6.03. The predicted molar refractivity (Wildman–Crippen MR) is 90.2 cm³/mol. The maximum atomic E-state index is 6.27. The normalized spacial score (nSPS) is 14.7. The molecule has 0 aromatic carbocycles. The number of pyridine rings is 1. The van der Waals surface area contributed by atoms with Crippen LogP contribution < -0.4 is 10.2 Å². The molecule has 4 nitrogen and oxygen atoms in total. The molecule has 1 fully saturated rings. The van der Waals surface area contributed by atoms with Gasteiger partial charge in [-0.2, -0.15) is 0 Å². The maximum absolute atomic E-state index is 6.27. The van der Waals surface area contributed by atoms with Gasteiger partial charge in [0.2, 0.25) is 0 Å². The van der Waals surface area contributed by atoms with E-state index >= 15 is 0 Å². The molecule has 0 unspecified atom stereocenters. The zero-order valence-corrected chi connectivity index (χ0v) is 14.2. The van der Waals surface area contributed by atoms with Gasteiger partial charge in [0.05, 0.1) is 5.02 Å². The van der Waals surface area contributed by atoms with Gasteiger partial charge in [0.25, 0.3) is 0 Å². The first-order valence-corrected chi connectivity index (χ1v) is 8.25. The summed E-state index contributed by atoms with van der Waals surface area (Å²) >= 11 is 6.27. The number of aromatic nitrogens is 1. The Morgan fingerprint density at radius 1 is 1.33 bits per heavy atom. The molecule has 1 saturated carbocycles. The minimum absolute atomic E-state index is 0.694. The number of halogens is 1. The summed E-state index contributed by atoms with van der Waals surface area (Å²) in [6, 6.07) is 2.83. The topological polar surface area (TPSA) is 31.4 Å². The Morgan fingerprint density at radius 2 is 2.10 bits per heavy atom. The summed E-state index contributed by atoms with van der Waals surface area (Å²) in [5.41, 5.74) is 1.15. The summed E-state index contributed by atoms with van der Waals surface area (Å²) in [4.78, 5) is 9.04. The van der Waals surface area contributed by atoms with E-state index in [9.17, 15) is 0 Å². The number of nitrogens with zero attached hydrogens (tertiary/aromatic N) is 3. The molecule has 0 radical (unpaired) electrons. The fourth-order valence-corrected chi connectivity index (χ4v) is 2.50. The van der Waals surface area contributed by atoms with Gasteiger partial charge in [-0.15, -0.1) is 0 Å². The Bertz CT molecular complexity index is 446. The highest BCUT2D eigenvalue weighted by Gasteiger charge is 2.20. The van der Waals surface area contributed by atoms with Gasteiger partial charge in [0, 0.05) is 31.9 Å². The molecule has 5 heteroatoms. The van der Waals surface area contributed by atoms with Gasteiger partial charge < -0.3 is 15.1 Å². The average Bonchev–Trinajstić information content (AvgIpc) is 3.27. The SMILES string of the molecule is CCN(CCCN(C)C)c1cc(CNC2CC2)c(Cl)cn1. The van der Waals surface area contributed by atoms with Crippen LogP contribution in [0.4, 0.5) is 5.82 Å². The first-order valence-electron chi connectivity index (χ1n) is 7.87. The molecule has 0 spiro atoms. The van der Waals surface area contributed by atoms with Crippen molar-refractivity contribution in [2.75, 3.05) is 38.6 Å². The minimum Gasteiger partial charge on any atom is -0.357 e. The molecule has 21 heavy (non-hydrogen) atoms. The first-order chi connectivity index (χ1) is 10.1. The van der Waals surface area contributed by atoms with Gasteiger partial charge in [-0.05, 0) is 58.5 Å². The van der Waals surface area contributed by atoms with E-state index in [0.29, 0.717) is 6.04 Å². The monoisotopic (exact) mass is 310 g/mol. The second kappa shape index (κ2) is 7.97. The molecule has 1 aromatic rings. The van der Waals surface area contributed by atoms with Crippen LogP contribution in [0.3, 0.4) is 0 Å². The van der Waals surface area contributed by atoms with Gasteiger partial charge >= 0.3 is 0 Å². The molecule has 0 bridgehead atoms. The lowest BCUT2D eigenvalue weighted by Crippen LogP contribution is -2.28. The molecule has 1 aliphatic rings. The van der Waals surface area contributed by atoms with Crippen LogP contribution in [-0.2, 0) is 6.54 Å². The summed E-state index contributed by atoms with van der Waals surface area (Å²) in [5, 5.41) is 4.28. The van der Waals surface area contributed by atoms with Gasteiger partial charge in [-0.3, -0.25) is 0 Å². The average molecular weight is 311 g/mol. The van der Waals surface area contributed by atoms with Crippen LogP contribution in [0.1, 0.15) is 31.7 Å². The van der Waals surface area contributed by atoms with E-state index in [1.54, 1.807) is 6.20 Å². The van der Waals surface area contributed by atoms with Gasteiger partial charge in [-0.25, -0.2) is 4.98 Å². The first kappa shape index (κ1) is 16.5. The van der Waals surface area contributed by atoms with Crippen molar-refractivity contribution >= 4 is 17.4 Å². The third-order valence-corrected chi connectivity index (χ3v) is 4.16. The largest absolute Gasteiger partial charge is 0.357 e. The van der Waals surface area contributed by atoms with E-state index in [1.807, 2.05) is 0 Å². The highest BCUT2D eigenvalue weighted by molar-refractivity contribution is 6.31. The molecule has 2 rings (SSSR count). The molecule has 0 aliphatic heterocycles. The summed E-state index contributed by atoms with van der Waals surface area (Å²) in [5.74, 6) is 1.04. The van der Waals surface area contributed by atoms with Crippen LogP contribution in [0.2, 0.25) is 5.02 Å². The van der Waals surface area contributed by atoms with Crippen molar-refractivity contribution in [2.45, 2.75) is 38.8 Å². The second-order valence-corrected chi connectivity index (χ2v) is 6.43. The molecule has 0 amide bonds. The number of anilines is 1. The molecule has 0 atom stereocenters. The van der Waals surface area contributed by atoms with E-state index in [0.717, 1.165) is 49.0 Å². The van der Waals surface area contributed by atoms with E-state index in [4.69, 9.17) is 11.6 Å². The fraction of sp³-hybridized carbons (Fsp3) is 0.688. The van der Waals surface area contributed by atoms with Crippen molar-refractivity contribution in [2.24, 2.45) is 0 Å². The highest BCUT2D eigenvalue weighted by Crippen LogP contribution is 2.23. The van der Waals surface area contributed by atoms with Crippen molar-refractivity contribution in [1.29, 1.82) is 0 Å². The number of hydrogen-bond donors (Lipinski definition) is 1. The van der Waals surface area contributed by atoms with Crippen molar-refractivity contribution < 1.29 is 0 Å². The van der Waals surface area contributed by atoms with E-state index in [2.05, 4.69) is 47.2 Å². The third-order valence-electron chi connectivity index (χ3n) is 3.82. The lowest BCUT2D eigenvalue weighted by molar-refractivity contribution is 0.400. The Morgan fingerprint density at radius 3 is 2.71 bits per heavy atom. The number of nitrogens with one attached hydrogen (secondary N) is 1. The molecule has 1 aromatic heterocycles. The lowest BCUT2D eigenvalue weighted by Gasteiger charge is -2.23. The minimum atomic E-state index is 0.694. The standard InChI is InChI=1S/C16H27ClN4/c1-4-21(9-5-8-20(2)3)16-10-13(15(17)12-19-16)11-18-14-6-7-14/h10,12,14,18H,4-9,11H2,1-3H3. The van der Waals surface area contributed by atoms with Crippen LogP contribution in [0.5, 0.6) is 0 Å². The summed E-state index contributed by atoms with van der Waals surface area (Å²) in [7, 11) is 4.22. The number of hydrogen-bond acceptors (Lipinski definition) is 4. The van der Waals surface area contributed by atoms with E-state index in [1.165, 1.54) is 12.8 Å². The maximum Gasteiger partial charge on any atom is 0.128 e. The Kier molecular flexibility index (Phi) is 6.27. The van der Waals surface area contributed by atoms with Crippen molar-refractivity contribution in [3.8, 4) is 0 Å². The Balaban J connectivity index is 1.96. The van der Waals surface area contributed by atoms with Crippen molar-refractivity contribution in [3.05, 3.63) is 22.8 Å². The van der Waals surface area contributed by atoms with Gasteiger partial charge in [0.1, 0.15) is 5.82 Å². The molecule has 1 heterocycles. The van der Waals surface area contributed by atoms with E-state index < -0.39 is 0 Å². The van der Waals surface area contributed by atoms with Gasteiger partial charge in [0.15, 0.2) is 0 Å². The zero-order valence-electron chi connectivity index (χ0n) is 13.4.